The van der Waals surface area contributed by atoms with Crippen LogP contribution in [0.25, 0.3) is 10.2 Å². The molecule has 0 aliphatic rings. The summed E-state index contributed by atoms with van der Waals surface area (Å²) in [7, 11) is 0. The molecule has 0 unspecified atom stereocenters. The lowest BCUT2D eigenvalue weighted by Crippen LogP contribution is -2.28. The first-order valence-electron chi connectivity index (χ1n) is 10.5. The molecule has 2 heterocycles. The molecule has 0 saturated heterocycles. The minimum absolute atomic E-state index is 0.0739. The third kappa shape index (κ3) is 5.13. The summed E-state index contributed by atoms with van der Waals surface area (Å²) >= 11 is 0.972. The fourth-order valence-electron chi connectivity index (χ4n) is 3.52. The van der Waals surface area contributed by atoms with E-state index >= 15 is 0 Å². The van der Waals surface area contributed by atoms with E-state index in [9.17, 15) is 31.9 Å². The lowest BCUT2D eigenvalue weighted by molar-refractivity contribution is -0.137. The fourth-order valence-corrected chi connectivity index (χ4v) is 4.56. The Labute approximate surface area is 205 Å². The zero-order chi connectivity index (χ0) is 26.2. The van der Waals surface area contributed by atoms with Crippen LogP contribution in [0, 0.1) is 19.7 Å². The van der Waals surface area contributed by atoms with Gasteiger partial charge in [-0.25, -0.2) is 9.37 Å². The summed E-state index contributed by atoms with van der Waals surface area (Å²) in [5.41, 5.74) is -0.311. The van der Waals surface area contributed by atoms with Crippen molar-refractivity contribution in [3.8, 4) is 0 Å². The van der Waals surface area contributed by atoms with Gasteiger partial charge in [-0.1, -0.05) is 12.1 Å². The minimum Gasteiger partial charge on any atom is -0.325 e. The molecule has 4 rings (SSSR count). The number of fused-ring (bicyclic) bond motifs is 1. The molecule has 7 nitrogen and oxygen atoms in total. The second-order valence-electron chi connectivity index (χ2n) is 7.95. The number of hydrogen-bond donors (Lipinski definition) is 2. The number of alkyl halides is 3. The number of aromatic nitrogens is 2. The van der Waals surface area contributed by atoms with E-state index in [4.69, 9.17) is 0 Å². The lowest BCUT2D eigenvalue weighted by Gasteiger charge is -2.10. The van der Waals surface area contributed by atoms with Crippen LogP contribution >= 0.6 is 11.3 Å². The monoisotopic (exact) mass is 518 g/mol. The van der Waals surface area contributed by atoms with Crippen molar-refractivity contribution in [3.05, 3.63) is 86.5 Å². The standard InChI is InChI=1S/C24H18F4N4O3S/c1-12-6-7-15(25)9-17(12)31-21(34)20-13(2)19-22(36-20)29-11-32(23(19)35)10-18(33)30-16-5-3-4-14(8-16)24(26,27)28/h3-9,11H,10H2,1-2H3,(H,30,33)(H,31,34). The summed E-state index contributed by atoms with van der Waals surface area (Å²) in [6, 6.07) is 8.09. The first-order valence-corrected chi connectivity index (χ1v) is 11.3. The highest BCUT2D eigenvalue weighted by Gasteiger charge is 2.30. The lowest BCUT2D eigenvalue weighted by atomic mass is 10.1. The number of hydrogen-bond acceptors (Lipinski definition) is 5. The van der Waals surface area contributed by atoms with Gasteiger partial charge in [0, 0.05) is 11.4 Å². The first-order chi connectivity index (χ1) is 16.9. The summed E-state index contributed by atoms with van der Waals surface area (Å²) in [5, 5.41) is 5.10. The molecule has 2 aromatic carbocycles. The number of amides is 2. The van der Waals surface area contributed by atoms with Gasteiger partial charge in [-0.15, -0.1) is 11.3 Å². The molecule has 0 radical (unpaired) electrons. The third-order valence-electron chi connectivity index (χ3n) is 5.36. The highest BCUT2D eigenvalue weighted by molar-refractivity contribution is 7.20. The molecular formula is C24H18F4N4O3S. The quantitative estimate of drug-likeness (QED) is 0.359. The van der Waals surface area contributed by atoms with E-state index in [1.165, 1.54) is 24.3 Å². The van der Waals surface area contributed by atoms with Crippen molar-refractivity contribution >= 4 is 44.7 Å². The van der Waals surface area contributed by atoms with Crippen LogP contribution in [0.5, 0.6) is 0 Å². The molecule has 0 bridgehead atoms. The van der Waals surface area contributed by atoms with E-state index in [1.54, 1.807) is 13.8 Å². The average Bonchev–Trinajstić information content (AvgIpc) is 3.15. The molecule has 186 valence electrons. The van der Waals surface area contributed by atoms with Gasteiger partial charge >= 0.3 is 6.18 Å². The predicted octanol–water partition coefficient (Wildman–Crippen LogP) is 5.12. The molecule has 0 spiro atoms. The molecule has 2 aromatic heterocycles. The van der Waals surface area contributed by atoms with Gasteiger partial charge in [-0.3, -0.25) is 19.0 Å². The maximum atomic E-state index is 13.6. The first kappa shape index (κ1) is 25.0. The number of nitrogens with zero attached hydrogens (tertiary/aromatic N) is 2. The van der Waals surface area contributed by atoms with Gasteiger partial charge in [0.1, 0.15) is 17.2 Å². The maximum Gasteiger partial charge on any atom is 0.416 e. The zero-order valence-corrected chi connectivity index (χ0v) is 19.7. The van der Waals surface area contributed by atoms with Crippen LogP contribution in [0.1, 0.15) is 26.4 Å². The number of nitrogens with one attached hydrogen (secondary N) is 2. The second-order valence-corrected chi connectivity index (χ2v) is 8.95. The number of thiophene rings is 1. The molecular weight excluding hydrogens is 500 g/mol. The van der Waals surface area contributed by atoms with Gasteiger partial charge < -0.3 is 10.6 Å². The van der Waals surface area contributed by atoms with Gasteiger partial charge in [0.25, 0.3) is 11.5 Å². The largest absolute Gasteiger partial charge is 0.416 e. The van der Waals surface area contributed by atoms with Crippen LogP contribution in [0.3, 0.4) is 0 Å². The Morgan fingerprint density at radius 2 is 1.83 bits per heavy atom. The molecule has 36 heavy (non-hydrogen) atoms. The number of benzene rings is 2. The van der Waals surface area contributed by atoms with Crippen molar-refractivity contribution in [1.29, 1.82) is 0 Å². The van der Waals surface area contributed by atoms with E-state index < -0.39 is 41.5 Å². The van der Waals surface area contributed by atoms with Gasteiger partial charge in [0.15, 0.2) is 0 Å². The molecule has 0 aliphatic carbocycles. The van der Waals surface area contributed by atoms with Crippen molar-refractivity contribution in [2.24, 2.45) is 0 Å². The van der Waals surface area contributed by atoms with Crippen LogP contribution in [-0.4, -0.2) is 21.4 Å². The van der Waals surface area contributed by atoms with Crippen LogP contribution < -0.4 is 16.2 Å². The Morgan fingerprint density at radius 3 is 2.56 bits per heavy atom. The molecule has 0 aliphatic heterocycles. The molecule has 2 amide bonds. The van der Waals surface area contributed by atoms with Crippen LogP contribution in [0.15, 0.2) is 53.6 Å². The second kappa shape index (κ2) is 9.53. The molecule has 0 fully saturated rings. The van der Waals surface area contributed by atoms with Gasteiger partial charge in [0.05, 0.1) is 22.2 Å². The summed E-state index contributed by atoms with van der Waals surface area (Å²) in [5.74, 6) is -1.79. The van der Waals surface area contributed by atoms with Crippen LogP contribution in [0.2, 0.25) is 0 Å². The summed E-state index contributed by atoms with van der Waals surface area (Å²) in [4.78, 5) is 42.9. The number of halogens is 4. The average molecular weight is 518 g/mol. The van der Waals surface area contributed by atoms with Crippen molar-refractivity contribution < 1.29 is 27.2 Å². The number of carbonyl (C=O) groups excluding carboxylic acids is 2. The zero-order valence-electron chi connectivity index (χ0n) is 18.9. The molecule has 0 saturated carbocycles. The Morgan fingerprint density at radius 1 is 1.08 bits per heavy atom. The number of carbonyl (C=O) groups is 2. The van der Waals surface area contributed by atoms with Gasteiger partial charge in [-0.05, 0) is 55.3 Å². The van der Waals surface area contributed by atoms with Gasteiger partial charge in [0.2, 0.25) is 5.91 Å². The predicted molar refractivity (Wildman–Crippen MR) is 128 cm³/mol. The molecule has 2 N–H and O–H groups in total. The van der Waals surface area contributed by atoms with Gasteiger partial charge in [-0.2, -0.15) is 13.2 Å². The Bertz CT molecular complexity index is 1560. The topological polar surface area (TPSA) is 93.1 Å². The smallest absolute Gasteiger partial charge is 0.325 e. The Hall–Kier alpha value is -4.06. The van der Waals surface area contributed by atoms with Crippen molar-refractivity contribution in [2.75, 3.05) is 10.6 Å². The van der Waals surface area contributed by atoms with Crippen LogP contribution in [-0.2, 0) is 17.5 Å². The SMILES string of the molecule is Cc1ccc(F)cc1NC(=O)c1sc2ncn(CC(=O)Nc3cccc(C(F)(F)F)c3)c(=O)c2c1C. The van der Waals surface area contributed by atoms with E-state index in [-0.39, 0.29) is 26.5 Å². The number of aryl methyl sites for hydroxylation is 2. The highest BCUT2D eigenvalue weighted by atomic mass is 32.1. The van der Waals surface area contributed by atoms with E-state index in [2.05, 4.69) is 15.6 Å². The van der Waals surface area contributed by atoms with E-state index in [1.807, 2.05) is 0 Å². The molecule has 0 atom stereocenters. The minimum atomic E-state index is -4.57. The fraction of sp³-hybridized carbons (Fsp3) is 0.167. The van der Waals surface area contributed by atoms with E-state index in [0.29, 0.717) is 11.1 Å². The normalized spacial score (nSPS) is 11.5. The van der Waals surface area contributed by atoms with Crippen molar-refractivity contribution in [2.45, 2.75) is 26.6 Å². The Balaban J connectivity index is 1.57. The highest BCUT2D eigenvalue weighted by Crippen LogP contribution is 2.31. The Kier molecular flexibility index (Phi) is 6.63. The summed E-state index contributed by atoms with van der Waals surface area (Å²) in [6.07, 6.45) is -3.44. The van der Waals surface area contributed by atoms with Crippen molar-refractivity contribution in [3.63, 3.8) is 0 Å². The molecule has 12 heteroatoms. The number of anilines is 2. The molecule has 4 aromatic rings. The maximum absolute atomic E-state index is 13.6. The number of rotatable bonds is 5. The van der Waals surface area contributed by atoms with Crippen molar-refractivity contribution in [1.82, 2.24) is 9.55 Å². The van der Waals surface area contributed by atoms with Crippen LogP contribution in [0.4, 0.5) is 28.9 Å². The van der Waals surface area contributed by atoms with E-state index in [0.717, 1.165) is 40.4 Å². The third-order valence-corrected chi connectivity index (χ3v) is 6.56. The summed E-state index contributed by atoms with van der Waals surface area (Å²) in [6.45, 7) is 2.76. The summed E-state index contributed by atoms with van der Waals surface area (Å²) < 4.78 is 53.3.